The molecule has 0 bridgehead atoms. The van der Waals surface area contributed by atoms with E-state index in [0.717, 1.165) is 30.6 Å². The molecular weight excluding hydrogens is 284 g/mol. The van der Waals surface area contributed by atoms with Gasteiger partial charge in [-0.25, -0.2) is 0 Å². The van der Waals surface area contributed by atoms with E-state index in [1.165, 1.54) is 5.56 Å². The van der Waals surface area contributed by atoms with Crippen LogP contribution in [0, 0.1) is 12.8 Å². The first-order valence-electron chi connectivity index (χ1n) is 8.29. The molecule has 3 atom stereocenters. The van der Waals surface area contributed by atoms with Gasteiger partial charge in [-0.3, -0.25) is 4.79 Å². The molecule has 0 spiro atoms. The molecule has 3 unspecified atom stereocenters. The Bertz CT molecular complexity index is 668. The average Bonchev–Trinajstić information content (AvgIpc) is 2.58. The lowest BCUT2D eigenvalue weighted by Gasteiger charge is -2.37. The Morgan fingerprint density at radius 1 is 1.13 bits per heavy atom. The van der Waals surface area contributed by atoms with Gasteiger partial charge in [-0.15, -0.1) is 0 Å². The predicted octanol–water partition coefficient (Wildman–Crippen LogP) is 2.96. The number of piperidine rings is 1. The number of aryl methyl sites for hydroxylation is 1. The Hall–Kier alpha value is -2.13. The Balaban J connectivity index is 2.00. The first-order valence-corrected chi connectivity index (χ1v) is 8.29. The molecule has 2 aromatic rings. The van der Waals surface area contributed by atoms with Crippen LogP contribution in [0.5, 0.6) is 0 Å². The van der Waals surface area contributed by atoms with Gasteiger partial charge in [0, 0.05) is 12.5 Å². The fraction of sp³-hybridized carbons (Fsp3) is 0.350. The Morgan fingerprint density at radius 3 is 2.52 bits per heavy atom. The highest BCUT2D eigenvalue weighted by molar-refractivity contribution is 5.83. The summed E-state index contributed by atoms with van der Waals surface area (Å²) in [5.74, 6) is 0.0925. The van der Waals surface area contributed by atoms with E-state index in [-0.39, 0.29) is 17.7 Å². The van der Waals surface area contributed by atoms with Crippen molar-refractivity contribution in [3.63, 3.8) is 0 Å². The van der Waals surface area contributed by atoms with Crippen molar-refractivity contribution in [1.29, 1.82) is 0 Å². The van der Waals surface area contributed by atoms with Crippen LogP contribution >= 0.6 is 0 Å². The molecule has 3 nitrogen and oxygen atoms in total. The minimum atomic E-state index is -0.233. The molecule has 0 radical (unpaired) electrons. The van der Waals surface area contributed by atoms with Crippen molar-refractivity contribution in [2.75, 3.05) is 13.1 Å². The Labute approximate surface area is 137 Å². The van der Waals surface area contributed by atoms with Crippen molar-refractivity contribution in [2.24, 2.45) is 11.7 Å². The molecule has 1 amide bonds. The molecular formula is C20H24N2O. The number of nitrogens with one attached hydrogen (secondary N) is 1. The lowest BCUT2D eigenvalue weighted by Crippen LogP contribution is -2.41. The van der Waals surface area contributed by atoms with Gasteiger partial charge in [-0.1, -0.05) is 54.6 Å². The van der Waals surface area contributed by atoms with E-state index in [1.807, 2.05) is 18.2 Å². The number of carbonyl (C=O) groups is 1. The largest absolute Gasteiger partial charge is 0.369 e. The summed E-state index contributed by atoms with van der Waals surface area (Å²) in [4.78, 5) is 12.3. The summed E-state index contributed by atoms with van der Waals surface area (Å²) in [6.45, 7) is 3.89. The van der Waals surface area contributed by atoms with Crippen LogP contribution in [-0.2, 0) is 4.79 Å². The van der Waals surface area contributed by atoms with Gasteiger partial charge in [0.25, 0.3) is 0 Å². The number of nitrogens with two attached hydrogens (primary N) is 1. The molecule has 0 saturated carbocycles. The Morgan fingerprint density at radius 2 is 1.83 bits per heavy atom. The molecule has 1 aliphatic heterocycles. The number of amides is 1. The van der Waals surface area contributed by atoms with Crippen molar-refractivity contribution >= 4 is 5.91 Å². The second-order valence-corrected chi connectivity index (χ2v) is 6.41. The summed E-state index contributed by atoms with van der Waals surface area (Å²) in [6, 6.07) is 18.6. The molecule has 1 fully saturated rings. The molecule has 120 valence electrons. The third kappa shape index (κ3) is 3.30. The van der Waals surface area contributed by atoms with Crippen LogP contribution < -0.4 is 11.1 Å². The zero-order chi connectivity index (χ0) is 16.2. The van der Waals surface area contributed by atoms with E-state index in [1.54, 1.807) is 0 Å². The average molecular weight is 308 g/mol. The molecule has 0 aliphatic carbocycles. The topological polar surface area (TPSA) is 55.1 Å². The smallest absolute Gasteiger partial charge is 0.225 e. The maximum atomic E-state index is 12.3. The van der Waals surface area contributed by atoms with Crippen LogP contribution in [0.2, 0.25) is 0 Å². The quantitative estimate of drug-likeness (QED) is 0.912. The number of rotatable bonds is 4. The van der Waals surface area contributed by atoms with Gasteiger partial charge < -0.3 is 11.1 Å². The zero-order valence-corrected chi connectivity index (χ0v) is 13.5. The number of carbonyl (C=O) groups excluding carboxylic acids is 1. The van der Waals surface area contributed by atoms with Gasteiger partial charge >= 0.3 is 0 Å². The standard InChI is InChI=1S/C20H24N2O/c1-14-7-5-6-10-16(14)19(20(21)23)17-11-12-22-13-18(17)15-8-3-2-4-9-15/h2-10,17-19,22H,11-13H2,1H3,(H2,21,23). The van der Waals surface area contributed by atoms with Gasteiger partial charge in [-0.2, -0.15) is 0 Å². The second-order valence-electron chi connectivity index (χ2n) is 6.41. The fourth-order valence-electron chi connectivity index (χ4n) is 3.87. The summed E-state index contributed by atoms with van der Waals surface area (Å²) in [5.41, 5.74) is 9.35. The zero-order valence-electron chi connectivity index (χ0n) is 13.5. The molecule has 1 aliphatic rings. The lowest BCUT2D eigenvalue weighted by atomic mass is 9.70. The monoisotopic (exact) mass is 308 g/mol. The summed E-state index contributed by atoms with van der Waals surface area (Å²) in [5, 5.41) is 3.47. The van der Waals surface area contributed by atoms with Gasteiger partial charge in [0.2, 0.25) is 5.91 Å². The van der Waals surface area contributed by atoms with E-state index in [4.69, 9.17) is 5.73 Å². The number of hydrogen-bond donors (Lipinski definition) is 2. The SMILES string of the molecule is Cc1ccccc1C(C(N)=O)C1CCNCC1c1ccccc1. The Kier molecular flexibility index (Phi) is 4.77. The first kappa shape index (κ1) is 15.8. The third-order valence-corrected chi connectivity index (χ3v) is 5.02. The summed E-state index contributed by atoms with van der Waals surface area (Å²) >= 11 is 0. The number of benzene rings is 2. The minimum Gasteiger partial charge on any atom is -0.369 e. The molecule has 23 heavy (non-hydrogen) atoms. The van der Waals surface area contributed by atoms with Gasteiger partial charge in [0.05, 0.1) is 5.92 Å². The fourth-order valence-corrected chi connectivity index (χ4v) is 3.87. The van der Waals surface area contributed by atoms with Crippen molar-refractivity contribution in [3.8, 4) is 0 Å². The highest BCUT2D eigenvalue weighted by atomic mass is 16.1. The van der Waals surface area contributed by atoms with Crippen LogP contribution in [0.1, 0.15) is 34.9 Å². The lowest BCUT2D eigenvalue weighted by molar-refractivity contribution is -0.121. The predicted molar refractivity (Wildman–Crippen MR) is 93.3 cm³/mol. The van der Waals surface area contributed by atoms with Gasteiger partial charge in [0.15, 0.2) is 0 Å². The van der Waals surface area contributed by atoms with Gasteiger partial charge in [-0.05, 0) is 42.5 Å². The van der Waals surface area contributed by atoms with Crippen LogP contribution in [0.3, 0.4) is 0 Å². The maximum Gasteiger partial charge on any atom is 0.225 e. The second kappa shape index (κ2) is 6.97. The van der Waals surface area contributed by atoms with E-state index in [0.29, 0.717) is 5.92 Å². The maximum absolute atomic E-state index is 12.3. The van der Waals surface area contributed by atoms with E-state index in [2.05, 4.69) is 48.6 Å². The van der Waals surface area contributed by atoms with Crippen LogP contribution in [0.4, 0.5) is 0 Å². The molecule has 3 heteroatoms. The minimum absolute atomic E-state index is 0.216. The van der Waals surface area contributed by atoms with Gasteiger partial charge in [0.1, 0.15) is 0 Å². The van der Waals surface area contributed by atoms with Crippen LogP contribution in [0.15, 0.2) is 54.6 Å². The summed E-state index contributed by atoms with van der Waals surface area (Å²) in [6.07, 6.45) is 0.960. The highest BCUT2D eigenvalue weighted by Crippen LogP contribution is 2.40. The third-order valence-electron chi connectivity index (χ3n) is 5.02. The van der Waals surface area contributed by atoms with Crippen molar-refractivity contribution < 1.29 is 4.79 Å². The molecule has 2 aromatic carbocycles. The van der Waals surface area contributed by atoms with Crippen molar-refractivity contribution in [3.05, 3.63) is 71.3 Å². The normalized spacial score (nSPS) is 22.5. The molecule has 1 heterocycles. The van der Waals surface area contributed by atoms with Crippen molar-refractivity contribution in [1.82, 2.24) is 5.32 Å². The summed E-state index contributed by atoms with van der Waals surface area (Å²) < 4.78 is 0. The molecule has 3 N–H and O–H groups in total. The molecule has 3 rings (SSSR count). The molecule has 1 saturated heterocycles. The molecule has 0 aromatic heterocycles. The summed E-state index contributed by atoms with van der Waals surface area (Å²) in [7, 11) is 0. The van der Waals surface area contributed by atoms with E-state index < -0.39 is 0 Å². The number of hydrogen-bond acceptors (Lipinski definition) is 2. The van der Waals surface area contributed by atoms with Crippen LogP contribution in [0.25, 0.3) is 0 Å². The van der Waals surface area contributed by atoms with E-state index in [9.17, 15) is 4.79 Å². The van der Waals surface area contributed by atoms with Crippen LogP contribution in [-0.4, -0.2) is 19.0 Å². The van der Waals surface area contributed by atoms with E-state index >= 15 is 0 Å². The van der Waals surface area contributed by atoms with Crippen molar-refractivity contribution in [2.45, 2.75) is 25.2 Å². The first-order chi connectivity index (χ1) is 11.2. The highest BCUT2D eigenvalue weighted by Gasteiger charge is 2.37. The number of primary amides is 1.